The Morgan fingerprint density at radius 2 is 1.41 bits per heavy atom. The Hall–Kier alpha value is -2.37. The number of carbonyl (C=O) groups excluding carboxylic acids is 3. The molecule has 0 radical (unpaired) electrons. The third kappa shape index (κ3) is 4.46. The highest BCUT2D eigenvalue weighted by Gasteiger charge is 2.31. The highest BCUT2D eigenvalue weighted by Crippen LogP contribution is 2.25. The Bertz CT molecular complexity index is 745. The second-order valence-electron chi connectivity index (χ2n) is 8.50. The van der Waals surface area contributed by atoms with Crippen LogP contribution in [-0.2, 0) is 9.59 Å². The van der Waals surface area contributed by atoms with E-state index in [0.717, 1.165) is 57.4 Å². The largest absolute Gasteiger partial charge is 0.342 e. The molecule has 3 heterocycles. The number of benzene rings is 1. The van der Waals surface area contributed by atoms with Crippen LogP contribution < -0.4 is 4.90 Å². The molecule has 0 bridgehead atoms. The molecule has 0 aliphatic carbocycles. The molecule has 156 valence electrons. The molecule has 0 atom stereocenters. The molecule has 3 amide bonds. The summed E-state index contributed by atoms with van der Waals surface area (Å²) in [5.41, 5.74) is 1.52. The molecule has 1 aromatic carbocycles. The minimum Gasteiger partial charge on any atom is -0.342 e. The third-order valence-corrected chi connectivity index (χ3v) is 6.55. The zero-order chi connectivity index (χ0) is 20.2. The van der Waals surface area contributed by atoms with Gasteiger partial charge in [-0.05, 0) is 56.4 Å². The summed E-state index contributed by atoms with van der Waals surface area (Å²) in [6.07, 6.45) is 7.67. The maximum absolute atomic E-state index is 12.9. The summed E-state index contributed by atoms with van der Waals surface area (Å²) in [6.45, 7) is 3.81. The molecule has 3 fully saturated rings. The molecule has 0 spiro atoms. The van der Waals surface area contributed by atoms with Crippen molar-refractivity contribution in [2.24, 2.45) is 5.92 Å². The monoisotopic (exact) mass is 397 g/mol. The van der Waals surface area contributed by atoms with Crippen LogP contribution in [0.1, 0.15) is 61.7 Å². The van der Waals surface area contributed by atoms with Crippen molar-refractivity contribution in [3.63, 3.8) is 0 Å². The Balaban J connectivity index is 1.31. The Kier molecular flexibility index (Phi) is 6.16. The summed E-state index contributed by atoms with van der Waals surface area (Å²) in [5, 5.41) is 0. The van der Waals surface area contributed by atoms with Crippen molar-refractivity contribution in [2.75, 3.05) is 37.6 Å². The number of likely N-dealkylation sites (tertiary alicyclic amines) is 2. The zero-order valence-corrected chi connectivity index (χ0v) is 17.1. The standard InChI is InChI=1S/C23H31N3O3/c27-21-6-5-15-26(21)20-9-7-18(8-10-20)22(28)25-16-11-19(12-17-25)23(29)24-13-3-1-2-4-14-24/h7-10,19H,1-6,11-17H2. The number of piperidine rings is 1. The van der Waals surface area contributed by atoms with Crippen LogP contribution in [0.4, 0.5) is 5.69 Å². The number of nitrogens with zero attached hydrogens (tertiary/aromatic N) is 3. The Morgan fingerprint density at radius 1 is 0.759 bits per heavy atom. The molecule has 0 aromatic heterocycles. The maximum atomic E-state index is 12.9. The van der Waals surface area contributed by atoms with Crippen molar-refractivity contribution in [1.82, 2.24) is 9.80 Å². The van der Waals surface area contributed by atoms with Crippen molar-refractivity contribution >= 4 is 23.4 Å². The predicted molar refractivity (Wildman–Crippen MR) is 112 cm³/mol. The first-order valence-electron chi connectivity index (χ1n) is 11.1. The number of anilines is 1. The lowest BCUT2D eigenvalue weighted by atomic mass is 9.94. The van der Waals surface area contributed by atoms with E-state index in [9.17, 15) is 14.4 Å². The molecule has 4 rings (SSSR count). The summed E-state index contributed by atoms with van der Waals surface area (Å²) in [5.74, 6) is 0.518. The number of rotatable bonds is 3. The molecule has 6 nitrogen and oxygen atoms in total. The zero-order valence-electron chi connectivity index (χ0n) is 17.1. The molecule has 0 unspecified atom stereocenters. The van der Waals surface area contributed by atoms with Crippen molar-refractivity contribution in [1.29, 1.82) is 0 Å². The van der Waals surface area contributed by atoms with E-state index in [1.165, 1.54) is 12.8 Å². The fraction of sp³-hybridized carbons (Fsp3) is 0.609. The molecule has 0 saturated carbocycles. The molecule has 1 aromatic rings. The van der Waals surface area contributed by atoms with E-state index in [-0.39, 0.29) is 17.7 Å². The fourth-order valence-electron chi connectivity index (χ4n) is 4.77. The van der Waals surface area contributed by atoms with E-state index >= 15 is 0 Å². The normalized spacial score (nSPS) is 21.4. The van der Waals surface area contributed by atoms with Gasteiger partial charge in [-0.15, -0.1) is 0 Å². The highest BCUT2D eigenvalue weighted by molar-refractivity contribution is 5.97. The lowest BCUT2D eigenvalue weighted by Crippen LogP contribution is -2.44. The Labute approximate surface area is 172 Å². The van der Waals surface area contributed by atoms with Gasteiger partial charge in [0.1, 0.15) is 0 Å². The summed E-state index contributed by atoms with van der Waals surface area (Å²) < 4.78 is 0. The topological polar surface area (TPSA) is 60.9 Å². The van der Waals surface area contributed by atoms with E-state index in [0.29, 0.717) is 31.0 Å². The third-order valence-electron chi connectivity index (χ3n) is 6.55. The van der Waals surface area contributed by atoms with E-state index in [4.69, 9.17) is 0 Å². The molecule has 3 aliphatic rings. The van der Waals surface area contributed by atoms with Crippen LogP contribution in [0.5, 0.6) is 0 Å². The fourth-order valence-corrected chi connectivity index (χ4v) is 4.77. The molecular weight excluding hydrogens is 366 g/mol. The van der Waals surface area contributed by atoms with Gasteiger partial charge in [-0.25, -0.2) is 0 Å². The van der Waals surface area contributed by atoms with Crippen LogP contribution in [0.3, 0.4) is 0 Å². The van der Waals surface area contributed by atoms with Crippen molar-refractivity contribution in [3.05, 3.63) is 29.8 Å². The van der Waals surface area contributed by atoms with E-state index in [1.54, 1.807) is 4.90 Å². The number of amides is 3. The summed E-state index contributed by atoms with van der Waals surface area (Å²) in [4.78, 5) is 43.3. The molecule has 0 N–H and O–H groups in total. The molecule has 6 heteroatoms. The van der Waals surface area contributed by atoms with Gasteiger partial charge >= 0.3 is 0 Å². The minimum absolute atomic E-state index is 0.0185. The second kappa shape index (κ2) is 8.97. The average Bonchev–Trinajstić information content (AvgIpc) is 3.01. The van der Waals surface area contributed by atoms with Gasteiger partial charge in [0, 0.05) is 56.3 Å². The van der Waals surface area contributed by atoms with Crippen LogP contribution in [-0.4, -0.2) is 60.2 Å². The van der Waals surface area contributed by atoms with Gasteiger partial charge in [0.05, 0.1) is 0 Å². The Morgan fingerprint density at radius 3 is 2.00 bits per heavy atom. The average molecular weight is 398 g/mol. The second-order valence-corrected chi connectivity index (χ2v) is 8.50. The number of hydrogen-bond donors (Lipinski definition) is 0. The van der Waals surface area contributed by atoms with Crippen LogP contribution in [0.2, 0.25) is 0 Å². The summed E-state index contributed by atoms with van der Waals surface area (Å²) in [6, 6.07) is 7.37. The van der Waals surface area contributed by atoms with Crippen molar-refractivity contribution in [3.8, 4) is 0 Å². The molecule has 3 saturated heterocycles. The van der Waals surface area contributed by atoms with Gasteiger partial charge in [0.15, 0.2) is 0 Å². The first kappa shape index (κ1) is 19.9. The van der Waals surface area contributed by atoms with Gasteiger partial charge < -0.3 is 14.7 Å². The number of carbonyl (C=O) groups is 3. The van der Waals surface area contributed by atoms with Crippen LogP contribution in [0.15, 0.2) is 24.3 Å². The van der Waals surface area contributed by atoms with Gasteiger partial charge in [-0.3, -0.25) is 14.4 Å². The van der Waals surface area contributed by atoms with Gasteiger partial charge in [-0.2, -0.15) is 0 Å². The molecule has 3 aliphatic heterocycles. The van der Waals surface area contributed by atoms with E-state index in [1.807, 2.05) is 34.1 Å². The van der Waals surface area contributed by atoms with E-state index < -0.39 is 0 Å². The van der Waals surface area contributed by atoms with Crippen molar-refractivity contribution in [2.45, 2.75) is 51.4 Å². The summed E-state index contributed by atoms with van der Waals surface area (Å²) in [7, 11) is 0. The van der Waals surface area contributed by atoms with Crippen molar-refractivity contribution < 1.29 is 14.4 Å². The highest BCUT2D eigenvalue weighted by atomic mass is 16.2. The SMILES string of the molecule is O=C(c1ccc(N2CCCC2=O)cc1)N1CCC(C(=O)N2CCCCCC2)CC1. The molecule has 29 heavy (non-hydrogen) atoms. The summed E-state index contributed by atoms with van der Waals surface area (Å²) >= 11 is 0. The maximum Gasteiger partial charge on any atom is 0.253 e. The van der Waals surface area contributed by atoms with Gasteiger partial charge in [0.2, 0.25) is 11.8 Å². The first-order valence-corrected chi connectivity index (χ1v) is 11.1. The lowest BCUT2D eigenvalue weighted by molar-refractivity contribution is -0.136. The van der Waals surface area contributed by atoms with Gasteiger partial charge in [-0.1, -0.05) is 12.8 Å². The van der Waals surface area contributed by atoms with Crippen LogP contribution in [0, 0.1) is 5.92 Å². The quantitative estimate of drug-likeness (QED) is 0.788. The van der Waals surface area contributed by atoms with Crippen LogP contribution in [0.25, 0.3) is 0 Å². The van der Waals surface area contributed by atoms with E-state index in [2.05, 4.69) is 0 Å². The van der Waals surface area contributed by atoms with Gasteiger partial charge in [0.25, 0.3) is 5.91 Å². The number of hydrogen-bond acceptors (Lipinski definition) is 3. The predicted octanol–water partition coefficient (Wildman–Crippen LogP) is 3.07. The minimum atomic E-state index is 0.0185. The van der Waals surface area contributed by atoms with Crippen LogP contribution >= 0.6 is 0 Å². The lowest BCUT2D eigenvalue weighted by Gasteiger charge is -2.34. The first-order chi connectivity index (χ1) is 14.1. The molecular formula is C23H31N3O3. The smallest absolute Gasteiger partial charge is 0.253 e.